The van der Waals surface area contributed by atoms with Crippen molar-refractivity contribution >= 4 is 17.9 Å². The molecular formula is C7H16N2O2S. The van der Waals surface area contributed by atoms with Crippen molar-refractivity contribution in [2.75, 3.05) is 40.0 Å². The van der Waals surface area contributed by atoms with Crippen LogP contribution in [0.5, 0.6) is 0 Å². The fourth-order valence-corrected chi connectivity index (χ4v) is 1.58. The first-order valence-electron chi connectivity index (χ1n) is 3.73. The molecule has 12 heavy (non-hydrogen) atoms. The van der Waals surface area contributed by atoms with Crippen molar-refractivity contribution in [3.63, 3.8) is 0 Å². The highest BCUT2D eigenvalue weighted by Crippen LogP contribution is 2.04. The first-order chi connectivity index (χ1) is 5.52. The average molecular weight is 192 g/mol. The van der Waals surface area contributed by atoms with E-state index < -0.39 is 5.97 Å². The summed E-state index contributed by atoms with van der Waals surface area (Å²) in [5, 5.41) is 8.43. The van der Waals surface area contributed by atoms with Gasteiger partial charge in [0.2, 0.25) is 0 Å². The molecule has 0 saturated heterocycles. The molecule has 0 unspecified atom stereocenters. The van der Waals surface area contributed by atoms with Crippen LogP contribution in [-0.4, -0.2) is 60.3 Å². The minimum Gasteiger partial charge on any atom is -0.480 e. The van der Waals surface area contributed by atoms with E-state index in [4.69, 9.17) is 5.11 Å². The Kier molecular flexibility index (Phi) is 6.14. The van der Waals surface area contributed by atoms with E-state index in [1.54, 1.807) is 23.3 Å². The summed E-state index contributed by atoms with van der Waals surface area (Å²) in [6, 6.07) is 0. The number of carboxylic acids is 1. The Balaban J connectivity index is 3.31. The Bertz CT molecular complexity index is 141. The van der Waals surface area contributed by atoms with E-state index in [1.807, 2.05) is 14.1 Å². The number of rotatable bonds is 6. The first kappa shape index (κ1) is 11.7. The van der Waals surface area contributed by atoms with Crippen LogP contribution >= 0.6 is 11.9 Å². The molecule has 1 N–H and O–H groups in total. The van der Waals surface area contributed by atoms with Gasteiger partial charge in [0.05, 0.1) is 0 Å². The van der Waals surface area contributed by atoms with E-state index in [2.05, 4.69) is 4.90 Å². The lowest BCUT2D eigenvalue weighted by molar-refractivity contribution is -0.136. The first-order valence-corrected chi connectivity index (χ1v) is 4.67. The second-order valence-electron chi connectivity index (χ2n) is 2.82. The van der Waals surface area contributed by atoms with E-state index in [1.165, 1.54) is 0 Å². The van der Waals surface area contributed by atoms with E-state index in [0.717, 1.165) is 12.3 Å². The van der Waals surface area contributed by atoms with Crippen LogP contribution in [0.15, 0.2) is 0 Å². The van der Waals surface area contributed by atoms with Crippen LogP contribution < -0.4 is 0 Å². The highest BCUT2D eigenvalue weighted by atomic mass is 32.2. The summed E-state index contributed by atoms with van der Waals surface area (Å²) in [6.07, 6.45) is 0. The summed E-state index contributed by atoms with van der Waals surface area (Å²) in [5.41, 5.74) is 0. The lowest BCUT2D eigenvalue weighted by atomic mass is 10.7. The van der Waals surface area contributed by atoms with Crippen molar-refractivity contribution in [1.29, 1.82) is 0 Å². The van der Waals surface area contributed by atoms with Crippen molar-refractivity contribution in [2.24, 2.45) is 0 Å². The summed E-state index contributed by atoms with van der Waals surface area (Å²) in [7, 11) is 5.78. The van der Waals surface area contributed by atoms with E-state index >= 15 is 0 Å². The largest absolute Gasteiger partial charge is 0.480 e. The minimum atomic E-state index is -0.783. The SMILES string of the molecule is CN(C)CCSN(C)CC(=O)O. The predicted octanol–water partition coefficient (Wildman–Crippen LogP) is 0.213. The maximum Gasteiger partial charge on any atom is 0.318 e. The van der Waals surface area contributed by atoms with Gasteiger partial charge >= 0.3 is 5.97 Å². The zero-order valence-electron chi connectivity index (χ0n) is 7.78. The zero-order valence-corrected chi connectivity index (χ0v) is 8.60. The molecule has 0 heterocycles. The molecule has 5 heteroatoms. The van der Waals surface area contributed by atoms with Gasteiger partial charge in [-0.3, -0.25) is 4.79 Å². The molecule has 0 aromatic carbocycles. The molecule has 4 nitrogen and oxygen atoms in total. The molecule has 0 spiro atoms. The van der Waals surface area contributed by atoms with Gasteiger partial charge in [-0.1, -0.05) is 11.9 Å². The van der Waals surface area contributed by atoms with Gasteiger partial charge in [-0.25, -0.2) is 4.31 Å². The molecule has 0 aromatic rings. The van der Waals surface area contributed by atoms with Crippen LogP contribution in [0.2, 0.25) is 0 Å². The topological polar surface area (TPSA) is 43.8 Å². The number of likely N-dealkylation sites (N-methyl/N-ethyl adjacent to an activating group) is 1. The Labute approximate surface area is 77.7 Å². The number of hydrogen-bond acceptors (Lipinski definition) is 4. The fourth-order valence-electron chi connectivity index (χ4n) is 0.615. The molecule has 0 fully saturated rings. The highest BCUT2D eigenvalue weighted by molar-refractivity contribution is 7.97. The van der Waals surface area contributed by atoms with Crippen LogP contribution in [0.1, 0.15) is 0 Å². The van der Waals surface area contributed by atoms with Crippen molar-refractivity contribution in [2.45, 2.75) is 0 Å². The van der Waals surface area contributed by atoms with Crippen molar-refractivity contribution in [3.05, 3.63) is 0 Å². The maximum absolute atomic E-state index is 10.2. The maximum atomic E-state index is 10.2. The zero-order chi connectivity index (χ0) is 9.56. The van der Waals surface area contributed by atoms with Gasteiger partial charge in [0, 0.05) is 12.3 Å². The Morgan fingerprint density at radius 1 is 1.42 bits per heavy atom. The minimum absolute atomic E-state index is 0.0953. The molecule has 0 aliphatic carbocycles. The fraction of sp³-hybridized carbons (Fsp3) is 0.857. The molecule has 0 bridgehead atoms. The molecule has 0 aromatic heterocycles. The lowest BCUT2D eigenvalue weighted by Gasteiger charge is -2.14. The molecule has 0 rings (SSSR count). The third-order valence-corrected chi connectivity index (χ3v) is 2.14. The second kappa shape index (κ2) is 6.28. The molecule has 0 atom stereocenters. The van der Waals surface area contributed by atoms with Crippen molar-refractivity contribution in [1.82, 2.24) is 9.21 Å². The molecule has 0 radical (unpaired) electrons. The van der Waals surface area contributed by atoms with Crippen LogP contribution in [0.25, 0.3) is 0 Å². The Hall–Kier alpha value is -0.260. The summed E-state index contributed by atoms with van der Waals surface area (Å²) < 4.78 is 1.73. The quantitative estimate of drug-likeness (QED) is 0.610. The van der Waals surface area contributed by atoms with Crippen LogP contribution in [0, 0.1) is 0 Å². The van der Waals surface area contributed by atoms with E-state index in [0.29, 0.717) is 0 Å². The third-order valence-electron chi connectivity index (χ3n) is 1.21. The van der Waals surface area contributed by atoms with Crippen LogP contribution in [-0.2, 0) is 4.79 Å². The molecule has 0 aliphatic heterocycles. The van der Waals surface area contributed by atoms with Crippen molar-refractivity contribution in [3.8, 4) is 0 Å². The standard InChI is InChI=1S/C7H16N2O2S/c1-8(2)4-5-12-9(3)6-7(10)11/h4-6H2,1-3H3,(H,10,11). The molecule has 0 saturated carbocycles. The Morgan fingerprint density at radius 2 is 2.00 bits per heavy atom. The number of hydrogen-bond donors (Lipinski definition) is 1. The molecule has 0 amide bonds. The number of nitrogens with zero attached hydrogens (tertiary/aromatic N) is 2. The van der Waals surface area contributed by atoms with Gasteiger partial charge in [0.15, 0.2) is 0 Å². The summed E-state index contributed by atoms with van der Waals surface area (Å²) in [4.78, 5) is 12.3. The molecule has 0 aliphatic rings. The van der Waals surface area contributed by atoms with Gasteiger partial charge in [-0.15, -0.1) is 0 Å². The summed E-state index contributed by atoms with van der Waals surface area (Å²) >= 11 is 1.54. The van der Waals surface area contributed by atoms with E-state index in [9.17, 15) is 4.79 Å². The third kappa shape index (κ3) is 7.84. The van der Waals surface area contributed by atoms with Gasteiger partial charge in [0.25, 0.3) is 0 Å². The van der Waals surface area contributed by atoms with E-state index in [-0.39, 0.29) is 6.54 Å². The lowest BCUT2D eigenvalue weighted by Crippen LogP contribution is -2.22. The number of carboxylic acid groups (broad SMARTS) is 1. The van der Waals surface area contributed by atoms with Crippen LogP contribution in [0.3, 0.4) is 0 Å². The second-order valence-corrected chi connectivity index (χ2v) is 4.11. The monoisotopic (exact) mass is 192 g/mol. The van der Waals surface area contributed by atoms with Crippen LogP contribution in [0.4, 0.5) is 0 Å². The van der Waals surface area contributed by atoms with Gasteiger partial charge in [0.1, 0.15) is 6.54 Å². The van der Waals surface area contributed by atoms with Gasteiger partial charge < -0.3 is 10.0 Å². The van der Waals surface area contributed by atoms with Crippen molar-refractivity contribution < 1.29 is 9.90 Å². The summed E-state index contributed by atoms with van der Waals surface area (Å²) in [5.74, 6) is 0.145. The number of aliphatic carboxylic acids is 1. The normalized spacial score (nSPS) is 11.1. The highest BCUT2D eigenvalue weighted by Gasteiger charge is 2.03. The smallest absolute Gasteiger partial charge is 0.318 e. The number of carbonyl (C=O) groups is 1. The summed E-state index contributed by atoms with van der Waals surface area (Å²) in [6.45, 7) is 1.06. The van der Waals surface area contributed by atoms with Gasteiger partial charge in [-0.05, 0) is 21.1 Å². The molecular weight excluding hydrogens is 176 g/mol. The van der Waals surface area contributed by atoms with Gasteiger partial charge in [-0.2, -0.15) is 0 Å². The molecule has 72 valence electrons. The average Bonchev–Trinajstić information content (AvgIpc) is 1.84. The Morgan fingerprint density at radius 3 is 2.42 bits per heavy atom. The predicted molar refractivity (Wildman–Crippen MR) is 51.3 cm³/mol.